The summed E-state index contributed by atoms with van der Waals surface area (Å²) in [6.45, 7) is 0. The lowest BCUT2D eigenvalue weighted by Crippen LogP contribution is -1.86. The van der Waals surface area contributed by atoms with E-state index in [-0.39, 0.29) is 5.52 Å². The summed E-state index contributed by atoms with van der Waals surface area (Å²) in [7, 11) is 2.09. The summed E-state index contributed by atoms with van der Waals surface area (Å²) in [6.07, 6.45) is 3.17. The summed E-state index contributed by atoms with van der Waals surface area (Å²) in [5, 5.41) is 0. The molecule has 1 atom stereocenters. The lowest BCUT2D eigenvalue weighted by atomic mass is 10.3. The summed E-state index contributed by atoms with van der Waals surface area (Å²) in [6, 6.07) is 3.46. The standard InChI is InChI=1S/C6H6NOP/c8-6(9)5-2-1-3-7-4-5/h1-4H,9H2. The van der Waals surface area contributed by atoms with Crippen molar-refractivity contribution < 1.29 is 4.79 Å². The van der Waals surface area contributed by atoms with Crippen LogP contribution in [0.25, 0.3) is 0 Å². The van der Waals surface area contributed by atoms with E-state index >= 15 is 0 Å². The average molecular weight is 139 g/mol. The maximum atomic E-state index is 10.6. The highest BCUT2D eigenvalue weighted by molar-refractivity contribution is 7.41. The van der Waals surface area contributed by atoms with Gasteiger partial charge in [0, 0.05) is 18.0 Å². The SMILES string of the molecule is O=C(P)c1cccnc1. The molecule has 0 aliphatic carbocycles. The van der Waals surface area contributed by atoms with Crippen LogP contribution in [0.5, 0.6) is 0 Å². The molecule has 1 rings (SSSR count). The Morgan fingerprint density at radius 1 is 1.67 bits per heavy atom. The minimum Gasteiger partial charge on any atom is -0.290 e. The van der Waals surface area contributed by atoms with Crippen LogP contribution < -0.4 is 0 Å². The molecule has 46 valence electrons. The highest BCUT2D eigenvalue weighted by Crippen LogP contribution is 2.01. The Balaban J connectivity index is 2.98. The average Bonchev–Trinajstić information content (AvgIpc) is 1.90. The van der Waals surface area contributed by atoms with Crippen molar-refractivity contribution in [3.05, 3.63) is 30.1 Å². The fourth-order valence-corrected chi connectivity index (χ4v) is 0.679. The zero-order chi connectivity index (χ0) is 6.69. The number of pyridine rings is 1. The van der Waals surface area contributed by atoms with Crippen molar-refractivity contribution in [2.45, 2.75) is 0 Å². The summed E-state index contributed by atoms with van der Waals surface area (Å²) >= 11 is 0. The van der Waals surface area contributed by atoms with Gasteiger partial charge in [-0.25, -0.2) is 0 Å². The molecule has 0 saturated heterocycles. The molecule has 3 heteroatoms. The van der Waals surface area contributed by atoms with Crippen molar-refractivity contribution in [2.24, 2.45) is 0 Å². The molecule has 0 aliphatic heterocycles. The van der Waals surface area contributed by atoms with Crippen LogP contribution in [0, 0.1) is 0 Å². The predicted octanol–water partition coefficient (Wildman–Crippen LogP) is 1.10. The summed E-state index contributed by atoms with van der Waals surface area (Å²) in [4.78, 5) is 14.3. The maximum absolute atomic E-state index is 10.6. The number of carbonyl (C=O) groups excluding carboxylic acids is 1. The van der Waals surface area contributed by atoms with Crippen LogP contribution in [0.4, 0.5) is 0 Å². The Bertz CT molecular complexity index is 210. The number of carbonyl (C=O) groups is 1. The van der Waals surface area contributed by atoms with Crippen molar-refractivity contribution in [1.82, 2.24) is 4.98 Å². The predicted molar refractivity (Wildman–Crippen MR) is 38.3 cm³/mol. The van der Waals surface area contributed by atoms with Crippen LogP contribution in [-0.2, 0) is 0 Å². The van der Waals surface area contributed by atoms with E-state index in [0.717, 1.165) is 0 Å². The second kappa shape index (κ2) is 2.70. The van der Waals surface area contributed by atoms with Crippen LogP contribution in [0.1, 0.15) is 10.4 Å². The first-order valence-electron chi connectivity index (χ1n) is 2.50. The molecule has 9 heavy (non-hydrogen) atoms. The van der Waals surface area contributed by atoms with E-state index in [9.17, 15) is 4.79 Å². The Morgan fingerprint density at radius 3 is 2.78 bits per heavy atom. The zero-order valence-electron chi connectivity index (χ0n) is 4.74. The van der Waals surface area contributed by atoms with Crippen LogP contribution in [0.3, 0.4) is 0 Å². The van der Waals surface area contributed by atoms with Crippen molar-refractivity contribution in [3.8, 4) is 0 Å². The molecule has 0 radical (unpaired) electrons. The molecule has 0 bridgehead atoms. The van der Waals surface area contributed by atoms with Crippen molar-refractivity contribution in [1.29, 1.82) is 0 Å². The molecule has 2 nitrogen and oxygen atoms in total. The smallest absolute Gasteiger partial charge is 0.179 e. The molecule has 0 aliphatic rings. The molecule has 1 unspecified atom stereocenters. The molecular weight excluding hydrogens is 133 g/mol. The largest absolute Gasteiger partial charge is 0.290 e. The molecule has 1 aromatic rings. The third kappa shape index (κ3) is 1.58. The fourth-order valence-electron chi connectivity index (χ4n) is 0.509. The highest BCUT2D eigenvalue weighted by atomic mass is 31.0. The van der Waals surface area contributed by atoms with E-state index in [4.69, 9.17) is 0 Å². The topological polar surface area (TPSA) is 30.0 Å². The molecule has 0 amide bonds. The first-order chi connectivity index (χ1) is 4.30. The monoisotopic (exact) mass is 139 g/mol. The second-order valence-corrected chi connectivity index (χ2v) is 2.13. The van der Waals surface area contributed by atoms with Crippen molar-refractivity contribution in [2.75, 3.05) is 0 Å². The number of hydrogen-bond donors (Lipinski definition) is 0. The van der Waals surface area contributed by atoms with Crippen LogP contribution in [0.2, 0.25) is 0 Å². The van der Waals surface area contributed by atoms with Gasteiger partial charge in [0.25, 0.3) is 0 Å². The second-order valence-electron chi connectivity index (χ2n) is 1.61. The van der Waals surface area contributed by atoms with Crippen LogP contribution >= 0.6 is 9.24 Å². The molecule has 1 heterocycles. The third-order valence-corrected chi connectivity index (χ3v) is 1.28. The normalized spacial score (nSPS) is 9.00. The Morgan fingerprint density at radius 2 is 2.44 bits per heavy atom. The fraction of sp³-hybridized carbons (Fsp3) is 0. The molecule has 0 spiro atoms. The Labute approximate surface area is 55.5 Å². The quantitative estimate of drug-likeness (QED) is 0.545. The van der Waals surface area contributed by atoms with Gasteiger partial charge in [0.1, 0.15) is 0 Å². The van der Waals surface area contributed by atoms with Gasteiger partial charge in [0.2, 0.25) is 0 Å². The maximum Gasteiger partial charge on any atom is 0.179 e. The molecule has 0 fully saturated rings. The summed E-state index contributed by atoms with van der Waals surface area (Å²) in [5.74, 6) is 0. The van der Waals surface area contributed by atoms with E-state index in [0.29, 0.717) is 5.56 Å². The molecule has 0 aromatic carbocycles. The van der Waals surface area contributed by atoms with E-state index < -0.39 is 0 Å². The third-order valence-electron chi connectivity index (χ3n) is 0.946. The Kier molecular flexibility index (Phi) is 1.91. The van der Waals surface area contributed by atoms with Crippen molar-refractivity contribution >= 4 is 14.8 Å². The molecular formula is C6H6NOP. The lowest BCUT2D eigenvalue weighted by Gasteiger charge is -1.88. The van der Waals surface area contributed by atoms with Gasteiger partial charge in [0.15, 0.2) is 5.52 Å². The van der Waals surface area contributed by atoms with Crippen LogP contribution in [0.15, 0.2) is 24.5 Å². The number of aromatic nitrogens is 1. The Hall–Kier alpha value is -0.750. The lowest BCUT2D eigenvalue weighted by molar-refractivity contribution is 0.108. The van der Waals surface area contributed by atoms with Gasteiger partial charge < -0.3 is 0 Å². The van der Waals surface area contributed by atoms with E-state index in [1.165, 1.54) is 6.20 Å². The zero-order valence-corrected chi connectivity index (χ0v) is 5.90. The summed E-state index contributed by atoms with van der Waals surface area (Å²) in [5.41, 5.74) is 0.602. The first-order valence-corrected chi connectivity index (χ1v) is 3.08. The van der Waals surface area contributed by atoms with E-state index in [2.05, 4.69) is 14.2 Å². The summed E-state index contributed by atoms with van der Waals surface area (Å²) < 4.78 is 0. The van der Waals surface area contributed by atoms with Gasteiger partial charge in [-0.3, -0.25) is 9.78 Å². The minimum atomic E-state index is -0.0249. The van der Waals surface area contributed by atoms with E-state index in [1.54, 1.807) is 18.3 Å². The minimum absolute atomic E-state index is 0.0249. The van der Waals surface area contributed by atoms with Gasteiger partial charge in [-0.15, -0.1) is 0 Å². The highest BCUT2D eigenvalue weighted by Gasteiger charge is 1.94. The van der Waals surface area contributed by atoms with E-state index in [1.807, 2.05) is 0 Å². The number of nitrogens with zero attached hydrogens (tertiary/aromatic N) is 1. The van der Waals surface area contributed by atoms with Crippen LogP contribution in [-0.4, -0.2) is 10.5 Å². The molecule has 1 aromatic heterocycles. The van der Waals surface area contributed by atoms with Crippen molar-refractivity contribution in [3.63, 3.8) is 0 Å². The van der Waals surface area contributed by atoms with Gasteiger partial charge in [-0.2, -0.15) is 0 Å². The van der Waals surface area contributed by atoms with Gasteiger partial charge in [-0.1, -0.05) is 9.24 Å². The first kappa shape index (κ1) is 6.37. The number of rotatable bonds is 1. The molecule has 0 saturated carbocycles. The number of hydrogen-bond acceptors (Lipinski definition) is 2. The van der Waals surface area contributed by atoms with Gasteiger partial charge in [0.05, 0.1) is 0 Å². The van der Waals surface area contributed by atoms with Gasteiger partial charge >= 0.3 is 0 Å². The van der Waals surface area contributed by atoms with Gasteiger partial charge in [-0.05, 0) is 12.1 Å². The molecule has 0 N–H and O–H groups in total.